The minimum Gasteiger partial charge on any atom is -0.444 e. The van der Waals surface area contributed by atoms with Gasteiger partial charge in [0.2, 0.25) is 21.8 Å². The van der Waals surface area contributed by atoms with Gasteiger partial charge in [-0.05, 0) is 94.2 Å². The molecule has 4 N–H and O–H groups in total. The molecule has 13 heteroatoms. The standard InChI is InChI=1S/C39H49N5O7S/c1-38(2,3)51-37(48)41-31-14-9-7-5-6-8-13-29-24-39(29,36(47)43-52(49,50)30-16-17-30)42-35(46)32(40-34(31)45)22-25-11-10-12-26(21-25)27-15-18-33-28(23-27)19-20-44(33)4/h8,10-13,15,18-21,23,29-32H,5-7,9,14,16-17,22,24H2,1-4H3,(H,40,45)(H,41,48)(H,42,46)(H,43,47)/b13-8-/t29-,31+,32+,39-/m1/s1. The van der Waals surface area contributed by atoms with E-state index < -0.39 is 68.2 Å². The lowest BCUT2D eigenvalue weighted by Gasteiger charge is -2.27. The zero-order chi connectivity index (χ0) is 37.3. The summed E-state index contributed by atoms with van der Waals surface area (Å²) in [7, 11) is -1.89. The summed E-state index contributed by atoms with van der Waals surface area (Å²) in [5, 5.41) is 8.91. The summed E-state index contributed by atoms with van der Waals surface area (Å²) in [6, 6.07) is 13.8. The summed E-state index contributed by atoms with van der Waals surface area (Å²) in [6.07, 6.45) is 9.60. The molecule has 0 spiro atoms. The maximum atomic E-state index is 14.3. The number of hydrogen-bond acceptors (Lipinski definition) is 7. The molecule has 0 radical (unpaired) electrons. The van der Waals surface area contributed by atoms with Crippen molar-refractivity contribution in [1.29, 1.82) is 0 Å². The molecule has 4 atom stereocenters. The van der Waals surface area contributed by atoms with Crippen LogP contribution in [0.2, 0.25) is 0 Å². The van der Waals surface area contributed by atoms with Crippen LogP contribution in [0.25, 0.3) is 22.0 Å². The van der Waals surface area contributed by atoms with Crippen LogP contribution < -0.4 is 20.7 Å². The van der Waals surface area contributed by atoms with E-state index in [1.54, 1.807) is 20.8 Å². The predicted molar refractivity (Wildman–Crippen MR) is 198 cm³/mol. The highest BCUT2D eigenvalue weighted by atomic mass is 32.2. The van der Waals surface area contributed by atoms with Crippen LogP contribution in [0.4, 0.5) is 4.79 Å². The Morgan fingerprint density at radius 2 is 1.75 bits per heavy atom. The Labute approximate surface area is 305 Å². The van der Waals surface area contributed by atoms with E-state index in [4.69, 9.17) is 4.74 Å². The molecule has 3 aliphatic rings. The lowest BCUT2D eigenvalue weighted by atomic mass is 9.97. The van der Waals surface area contributed by atoms with Gasteiger partial charge in [-0.15, -0.1) is 0 Å². The van der Waals surface area contributed by atoms with Gasteiger partial charge in [0, 0.05) is 36.5 Å². The van der Waals surface area contributed by atoms with Crippen molar-refractivity contribution in [1.82, 2.24) is 25.2 Å². The van der Waals surface area contributed by atoms with Crippen LogP contribution in [-0.2, 0) is 42.6 Å². The van der Waals surface area contributed by atoms with Gasteiger partial charge in [-0.3, -0.25) is 19.1 Å². The Hall–Kier alpha value is -4.65. The van der Waals surface area contributed by atoms with Gasteiger partial charge in [0.15, 0.2) is 0 Å². The van der Waals surface area contributed by atoms with Crippen LogP contribution >= 0.6 is 0 Å². The van der Waals surface area contributed by atoms with E-state index >= 15 is 0 Å². The first-order valence-corrected chi connectivity index (χ1v) is 19.7. The minimum absolute atomic E-state index is 0.0662. The van der Waals surface area contributed by atoms with Crippen molar-refractivity contribution in [2.45, 2.75) is 107 Å². The first-order valence-electron chi connectivity index (χ1n) is 18.1. The molecule has 0 saturated heterocycles. The number of sulfonamides is 1. The molecule has 3 aromatic rings. The van der Waals surface area contributed by atoms with Crippen molar-refractivity contribution in [3.05, 3.63) is 72.4 Å². The SMILES string of the molecule is Cn1ccc2cc(-c3cccc(C[C@@H]4NC(=O)[C@@H](NC(=O)OC(C)(C)C)CCCCC/C=C\[C@@H]5C[C@@]5(C(=O)NS(=O)(=O)C5CC5)NC4=O)c3)ccc21. The molecule has 52 heavy (non-hydrogen) atoms. The van der Waals surface area contributed by atoms with Crippen molar-refractivity contribution < 1.29 is 32.3 Å². The molecular weight excluding hydrogens is 683 g/mol. The van der Waals surface area contributed by atoms with Gasteiger partial charge >= 0.3 is 6.09 Å². The highest BCUT2D eigenvalue weighted by molar-refractivity contribution is 7.91. The molecule has 1 aliphatic heterocycles. The molecule has 6 rings (SSSR count). The van der Waals surface area contributed by atoms with Gasteiger partial charge < -0.3 is 25.3 Å². The molecule has 0 bridgehead atoms. The Morgan fingerprint density at radius 1 is 0.981 bits per heavy atom. The Morgan fingerprint density at radius 3 is 2.50 bits per heavy atom. The topological polar surface area (TPSA) is 165 Å². The zero-order valence-electron chi connectivity index (χ0n) is 30.2. The summed E-state index contributed by atoms with van der Waals surface area (Å²) in [4.78, 5) is 54.7. The highest BCUT2D eigenvalue weighted by Gasteiger charge is 2.61. The van der Waals surface area contributed by atoms with Gasteiger partial charge in [-0.1, -0.05) is 55.3 Å². The van der Waals surface area contributed by atoms with E-state index in [9.17, 15) is 27.6 Å². The van der Waals surface area contributed by atoms with Crippen LogP contribution in [-0.4, -0.2) is 65.3 Å². The molecule has 4 amide bonds. The first kappa shape index (κ1) is 37.1. The van der Waals surface area contributed by atoms with Gasteiger partial charge in [0.05, 0.1) is 5.25 Å². The van der Waals surface area contributed by atoms with E-state index in [-0.39, 0.29) is 12.8 Å². The summed E-state index contributed by atoms with van der Waals surface area (Å²) < 4.78 is 35.3. The fourth-order valence-electron chi connectivity index (χ4n) is 6.79. The fraction of sp³-hybridized carbons (Fsp3) is 0.487. The van der Waals surface area contributed by atoms with Crippen molar-refractivity contribution in [3.8, 4) is 11.1 Å². The Balaban J connectivity index is 1.30. The van der Waals surface area contributed by atoms with E-state index in [0.29, 0.717) is 32.1 Å². The predicted octanol–water partition coefficient (Wildman–Crippen LogP) is 4.77. The number of allylic oxidation sites excluding steroid dienone is 1. The molecule has 2 aliphatic carbocycles. The molecule has 2 saturated carbocycles. The lowest BCUT2D eigenvalue weighted by Crippen LogP contribution is -2.59. The number of rotatable bonds is 7. The zero-order valence-corrected chi connectivity index (χ0v) is 31.1. The molecular formula is C39H49N5O7S. The van der Waals surface area contributed by atoms with Crippen molar-refractivity contribution in [2.75, 3.05) is 0 Å². The maximum Gasteiger partial charge on any atom is 0.408 e. The van der Waals surface area contributed by atoms with E-state index in [0.717, 1.165) is 40.4 Å². The van der Waals surface area contributed by atoms with Crippen molar-refractivity contribution >= 4 is 44.7 Å². The Kier molecular flexibility index (Phi) is 10.5. The second kappa shape index (κ2) is 14.8. The van der Waals surface area contributed by atoms with Crippen LogP contribution in [0, 0.1) is 5.92 Å². The number of aromatic nitrogens is 1. The molecule has 2 fully saturated rings. The van der Waals surface area contributed by atoms with E-state index in [1.807, 2.05) is 66.4 Å². The number of carbonyl (C=O) groups excluding carboxylic acids is 4. The number of nitrogens with one attached hydrogen (secondary N) is 4. The number of fused-ring (bicyclic) bond motifs is 2. The number of aryl methyl sites for hydroxylation is 1. The Bertz CT molecular complexity index is 1990. The molecule has 1 aromatic heterocycles. The second-order valence-electron chi connectivity index (χ2n) is 15.4. The van der Waals surface area contributed by atoms with Gasteiger partial charge in [-0.2, -0.15) is 0 Å². The molecule has 12 nitrogen and oxygen atoms in total. The van der Waals surface area contributed by atoms with Crippen LogP contribution in [0.15, 0.2) is 66.9 Å². The van der Waals surface area contributed by atoms with E-state index in [2.05, 4.69) is 32.8 Å². The van der Waals surface area contributed by atoms with Gasteiger partial charge in [0.1, 0.15) is 23.2 Å². The monoisotopic (exact) mass is 731 g/mol. The van der Waals surface area contributed by atoms with Crippen LogP contribution in [0.1, 0.15) is 77.7 Å². The summed E-state index contributed by atoms with van der Waals surface area (Å²) in [5.74, 6) is -2.39. The molecule has 278 valence electrons. The number of benzene rings is 2. The fourth-order valence-corrected chi connectivity index (χ4v) is 8.16. The first-order chi connectivity index (χ1) is 24.6. The minimum atomic E-state index is -3.87. The number of hydrogen-bond donors (Lipinski definition) is 4. The third-order valence-electron chi connectivity index (χ3n) is 9.92. The van der Waals surface area contributed by atoms with Crippen LogP contribution in [0.5, 0.6) is 0 Å². The molecule has 0 unspecified atom stereocenters. The van der Waals surface area contributed by atoms with Crippen molar-refractivity contribution in [3.63, 3.8) is 0 Å². The van der Waals surface area contributed by atoms with Gasteiger partial charge in [-0.25, -0.2) is 13.2 Å². The largest absolute Gasteiger partial charge is 0.444 e. The summed E-state index contributed by atoms with van der Waals surface area (Å²) in [6.45, 7) is 5.20. The van der Waals surface area contributed by atoms with Crippen LogP contribution in [0.3, 0.4) is 0 Å². The third-order valence-corrected chi connectivity index (χ3v) is 11.7. The number of amides is 4. The lowest BCUT2D eigenvalue weighted by molar-refractivity contribution is -0.133. The average Bonchev–Trinajstić information content (AvgIpc) is 4.00. The molecule has 2 aromatic carbocycles. The maximum absolute atomic E-state index is 14.3. The number of alkyl carbamates (subject to hydrolysis) is 1. The summed E-state index contributed by atoms with van der Waals surface area (Å²) >= 11 is 0. The number of nitrogens with zero attached hydrogens (tertiary/aromatic N) is 1. The normalized spacial score (nSPS) is 25.0. The quantitative estimate of drug-likeness (QED) is 0.254. The van der Waals surface area contributed by atoms with E-state index in [1.165, 1.54) is 0 Å². The average molecular weight is 732 g/mol. The molecule has 2 heterocycles. The van der Waals surface area contributed by atoms with Crippen molar-refractivity contribution in [2.24, 2.45) is 13.0 Å². The highest BCUT2D eigenvalue weighted by Crippen LogP contribution is 2.46. The van der Waals surface area contributed by atoms with Gasteiger partial charge in [0.25, 0.3) is 5.91 Å². The number of carbonyl (C=O) groups is 4. The smallest absolute Gasteiger partial charge is 0.408 e. The summed E-state index contributed by atoms with van der Waals surface area (Å²) in [5.41, 5.74) is 1.49. The second-order valence-corrected chi connectivity index (χ2v) is 17.3. The number of ether oxygens (including phenoxy) is 1. The third kappa shape index (κ3) is 8.86.